The molecule has 0 radical (unpaired) electrons. The Hall–Kier alpha value is -2.36. The number of rotatable bonds is 4. The number of amidine groups is 1. The van der Waals surface area contributed by atoms with Crippen LogP contribution in [-0.2, 0) is 6.42 Å². The van der Waals surface area contributed by atoms with Gasteiger partial charge in [0, 0.05) is 6.20 Å². The summed E-state index contributed by atoms with van der Waals surface area (Å²) in [5.41, 5.74) is 6.95. The third-order valence-corrected chi connectivity index (χ3v) is 2.60. The standard InChI is InChI=1S/C14H15N3O/c1-2-10-6-3-4-7-11(10)18-12-8-5-9-17-13(12)14(15)16/h3-9H,2H2,1H3,(H3,15,16). The minimum Gasteiger partial charge on any atom is -0.455 e. The third-order valence-electron chi connectivity index (χ3n) is 2.60. The molecule has 0 aliphatic heterocycles. The molecule has 92 valence electrons. The highest BCUT2D eigenvalue weighted by atomic mass is 16.5. The summed E-state index contributed by atoms with van der Waals surface area (Å²) in [7, 11) is 0. The van der Waals surface area contributed by atoms with Crippen LogP contribution in [0.2, 0.25) is 0 Å². The molecule has 1 heterocycles. The van der Waals surface area contributed by atoms with Gasteiger partial charge in [-0.25, -0.2) is 4.98 Å². The van der Waals surface area contributed by atoms with Crippen LogP contribution < -0.4 is 10.5 Å². The first kappa shape index (κ1) is 12.1. The third kappa shape index (κ3) is 2.48. The molecular weight excluding hydrogens is 226 g/mol. The first-order valence-electron chi connectivity index (χ1n) is 5.77. The lowest BCUT2D eigenvalue weighted by molar-refractivity contribution is 0.473. The molecule has 0 saturated carbocycles. The van der Waals surface area contributed by atoms with E-state index in [1.807, 2.05) is 24.3 Å². The molecule has 18 heavy (non-hydrogen) atoms. The van der Waals surface area contributed by atoms with Crippen LogP contribution in [0.1, 0.15) is 18.2 Å². The van der Waals surface area contributed by atoms with Crippen molar-refractivity contribution < 1.29 is 4.74 Å². The van der Waals surface area contributed by atoms with Crippen molar-refractivity contribution in [2.75, 3.05) is 0 Å². The van der Waals surface area contributed by atoms with Gasteiger partial charge in [0.25, 0.3) is 0 Å². The fourth-order valence-corrected chi connectivity index (χ4v) is 1.69. The number of nitrogen functional groups attached to an aromatic ring is 1. The fourth-order valence-electron chi connectivity index (χ4n) is 1.69. The number of benzene rings is 1. The van der Waals surface area contributed by atoms with Crippen LogP contribution in [0.25, 0.3) is 0 Å². The fraction of sp³-hybridized carbons (Fsp3) is 0.143. The Balaban J connectivity index is 2.37. The minimum atomic E-state index is -0.0976. The molecule has 0 aliphatic carbocycles. The van der Waals surface area contributed by atoms with Crippen LogP contribution in [0.4, 0.5) is 0 Å². The van der Waals surface area contributed by atoms with E-state index in [-0.39, 0.29) is 5.84 Å². The van der Waals surface area contributed by atoms with Gasteiger partial charge in [0.2, 0.25) is 0 Å². The number of nitrogens with zero attached hydrogens (tertiary/aromatic N) is 1. The molecule has 0 saturated heterocycles. The smallest absolute Gasteiger partial charge is 0.156 e. The molecule has 1 aromatic heterocycles. The van der Waals surface area contributed by atoms with Crippen molar-refractivity contribution in [3.63, 3.8) is 0 Å². The van der Waals surface area contributed by atoms with E-state index in [2.05, 4.69) is 11.9 Å². The van der Waals surface area contributed by atoms with E-state index in [4.69, 9.17) is 15.9 Å². The van der Waals surface area contributed by atoms with Gasteiger partial charge in [-0.15, -0.1) is 0 Å². The molecular formula is C14H15N3O. The average molecular weight is 241 g/mol. The Kier molecular flexibility index (Phi) is 3.57. The Morgan fingerprint density at radius 2 is 1.94 bits per heavy atom. The quantitative estimate of drug-likeness (QED) is 0.638. The van der Waals surface area contributed by atoms with Crippen molar-refractivity contribution >= 4 is 5.84 Å². The summed E-state index contributed by atoms with van der Waals surface area (Å²) >= 11 is 0. The monoisotopic (exact) mass is 241 g/mol. The molecule has 2 aromatic rings. The zero-order chi connectivity index (χ0) is 13.0. The van der Waals surface area contributed by atoms with Gasteiger partial charge >= 0.3 is 0 Å². The van der Waals surface area contributed by atoms with Crippen LogP contribution in [0.3, 0.4) is 0 Å². The summed E-state index contributed by atoms with van der Waals surface area (Å²) in [4.78, 5) is 4.06. The Morgan fingerprint density at radius 3 is 2.67 bits per heavy atom. The largest absolute Gasteiger partial charge is 0.455 e. The van der Waals surface area contributed by atoms with Crippen LogP contribution in [0.15, 0.2) is 42.6 Å². The summed E-state index contributed by atoms with van der Waals surface area (Å²) in [6.45, 7) is 2.07. The van der Waals surface area contributed by atoms with Gasteiger partial charge in [-0.1, -0.05) is 25.1 Å². The molecule has 0 unspecified atom stereocenters. The van der Waals surface area contributed by atoms with E-state index < -0.39 is 0 Å². The van der Waals surface area contributed by atoms with Crippen LogP contribution in [-0.4, -0.2) is 10.8 Å². The van der Waals surface area contributed by atoms with Crippen molar-refractivity contribution in [1.82, 2.24) is 4.98 Å². The van der Waals surface area contributed by atoms with E-state index in [9.17, 15) is 0 Å². The number of hydrogen-bond donors (Lipinski definition) is 2. The minimum absolute atomic E-state index is 0.0976. The molecule has 4 nitrogen and oxygen atoms in total. The maximum Gasteiger partial charge on any atom is 0.156 e. The lowest BCUT2D eigenvalue weighted by atomic mass is 10.1. The molecule has 0 fully saturated rings. The first-order chi connectivity index (χ1) is 8.72. The molecule has 4 heteroatoms. The van der Waals surface area contributed by atoms with E-state index in [0.29, 0.717) is 11.4 Å². The zero-order valence-corrected chi connectivity index (χ0v) is 10.2. The van der Waals surface area contributed by atoms with Crippen LogP contribution >= 0.6 is 0 Å². The molecule has 1 aromatic carbocycles. The molecule has 3 N–H and O–H groups in total. The number of aromatic nitrogens is 1. The van der Waals surface area contributed by atoms with E-state index >= 15 is 0 Å². The second-order valence-corrected chi connectivity index (χ2v) is 3.83. The first-order valence-corrected chi connectivity index (χ1v) is 5.77. The van der Waals surface area contributed by atoms with Crippen molar-refractivity contribution in [2.45, 2.75) is 13.3 Å². The van der Waals surface area contributed by atoms with Crippen LogP contribution in [0, 0.1) is 5.41 Å². The van der Waals surface area contributed by atoms with Gasteiger partial charge in [0.05, 0.1) is 0 Å². The molecule has 0 atom stereocenters. The number of hydrogen-bond acceptors (Lipinski definition) is 3. The summed E-state index contributed by atoms with van der Waals surface area (Å²) in [6, 6.07) is 11.3. The zero-order valence-electron chi connectivity index (χ0n) is 10.2. The van der Waals surface area contributed by atoms with Crippen molar-refractivity contribution in [3.05, 3.63) is 53.9 Å². The number of para-hydroxylation sites is 1. The SMILES string of the molecule is CCc1ccccc1Oc1cccnc1C(=N)N. The normalized spacial score (nSPS) is 10.1. The van der Waals surface area contributed by atoms with Gasteiger partial charge in [-0.05, 0) is 30.2 Å². The number of nitrogens with two attached hydrogens (primary N) is 1. The molecule has 0 spiro atoms. The lowest BCUT2D eigenvalue weighted by Crippen LogP contribution is -2.14. The number of ether oxygens (including phenoxy) is 1. The van der Waals surface area contributed by atoms with Gasteiger partial charge in [-0.3, -0.25) is 5.41 Å². The second kappa shape index (κ2) is 5.31. The second-order valence-electron chi connectivity index (χ2n) is 3.83. The average Bonchev–Trinajstić information content (AvgIpc) is 2.40. The number of nitrogens with one attached hydrogen (secondary N) is 1. The maximum atomic E-state index is 7.48. The number of aryl methyl sites for hydroxylation is 1. The summed E-state index contributed by atoms with van der Waals surface area (Å²) in [5.74, 6) is 1.18. The molecule has 0 amide bonds. The van der Waals surface area contributed by atoms with Gasteiger partial charge in [0.15, 0.2) is 5.75 Å². The van der Waals surface area contributed by atoms with Gasteiger partial charge < -0.3 is 10.5 Å². The topological polar surface area (TPSA) is 72.0 Å². The molecule has 2 rings (SSSR count). The predicted molar refractivity (Wildman–Crippen MR) is 71.1 cm³/mol. The highest BCUT2D eigenvalue weighted by Crippen LogP contribution is 2.27. The summed E-state index contributed by atoms with van der Waals surface area (Å²) in [6.07, 6.45) is 2.47. The van der Waals surface area contributed by atoms with Crippen molar-refractivity contribution in [3.8, 4) is 11.5 Å². The molecule has 0 bridgehead atoms. The van der Waals surface area contributed by atoms with E-state index in [1.54, 1.807) is 18.3 Å². The van der Waals surface area contributed by atoms with Crippen molar-refractivity contribution in [2.24, 2.45) is 5.73 Å². The van der Waals surface area contributed by atoms with E-state index in [0.717, 1.165) is 17.7 Å². The Bertz CT molecular complexity index is 566. The highest BCUT2D eigenvalue weighted by Gasteiger charge is 2.10. The lowest BCUT2D eigenvalue weighted by Gasteiger charge is -2.11. The summed E-state index contributed by atoms with van der Waals surface area (Å²) < 4.78 is 5.81. The van der Waals surface area contributed by atoms with Crippen molar-refractivity contribution in [1.29, 1.82) is 5.41 Å². The summed E-state index contributed by atoms with van der Waals surface area (Å²) in [5, 5.41) is 7.48. The van der Waals surface area contributed by atoms with E-state index in [1.165, 1.54) is 0 Å². The van der Waals surface area contributed by atoms with Gasteiger partial charge in [-0.2, -0.15) is 0 Å². The van der Waals surface area contributed by atoms with Gasteiger partial charge in [0.1, 0.15) is 17.3 Å². The predicted octanol–water partition coefficient (Wildman–Crippen LogP) is 2.72. The maximum absolute atomic E-state index is 7.48. The highest BCUT2D eigenvalue weighted by molar-refractivity contribution is 5.95. The number of pyridine rings is 1. The Morgan fingerprint density at radius 1 is 1.22 bits per heavy atom. The van der Waals surface area contributed by atoms with Crippen LogP contribution in [0.5, 0.6) is 11.5 Å². The Labute approximate surface area is 106 Å². The molecule has 0 aliphatic rings.